The second-order valence-electron chi connectivity index (χ2n) is 4.18. The van der Waals surface area contributed by atoms with Crippen molar-refractivity contribution in [2.24, 2.45) is 5.41 Å². The molecule has 0 bridgehead atoms. The molecule has 0 aromatic carbocycles. The van der Waals surface area contributed by atoms with Gasteiger partial charge in [0.1, 0.15) is 0 Å². The van der Waals surface area contributed by atoms with Crippen LogP contribution in [0.5, 0.6) is 0 Å². The molecule has 0 aliphatic rings. The van der Waals surface area contributed by atoms with Gasteiger partial charge >= 0.3 is 0 Å². The molecule has 0 spiro atoms. The minimum Gasteiger partial charge on any atom is -0.378 e. The summed E-state index contributed by atoms with van der Waals surface area (Å²) in [5.41, 5.74) is 0.0741. The van der Waals surface area contributed by atoms with E-state index in [0.29, 0.717) is 0 Å². The Morgan fingerprint density at radius 1 is 1.27 bits per heavy atom. The first-order chi connectivity index (χ1) is 4.87. The van der Waals surface area contributed by atoms with Gasteiger partial charge in [-0.1, -0.05) is 26.8 Å². The van der Waals surface area contributed by atoms with Crippen molar-refractivity contribution in [2.75, 3.05) is 7.11 Å². The zero-order valence-electron chi connectivity index (χ0n) is 8.40. The fraction of sp³-hybridized carbons (Fsp3) is 0.800. The van der Waals surface area contributed by atoms with Gasteiger partial charge < -0.3 is 4.74 Å². The molecule has 1 heteroatoms. The van der Waals surface area contributed by atoms with Crippen LogP contribution in [0.1, 0.15) is 34.1 Å². The molecule has 0 saturated heterocycles. The fourth-order valence-electron chi connectivity index (χ4n) is 0.971. The molecule has 0 aliphatic heterocycles. The number of hydrogen-bond donors (Lipinski definition) is 0. The van der Waals surface area contributed by atoms with Crippen LogP contribution in [0.15, 0.2) is 12.7 Å². The standard InChI is InChI=1S/C10H20O/c1-7-8-10(5,11-6)9(2,3)4/h7H,1,8H2,2-6H3. The van der Waals surface area contributed by atoms with Gasteiger partial charge in [-0.3, -0.25) is 0 Å². The average Bonchev–Trinajstić information content (AvgIpc) is 1.86. The zero-order valence-corrected chi connectivity index (χ0v) is 8.40. The number of ether oxygens (including phenoxy) is 1. The minimum absolute atomic E-state index is 0.0885. The molecule has 0 aromatic heterocycles. The molecule has 0 rings (SSSR count). The number of rotatable bonds is 3. The van der Waals surface area contributed by atoms with Crippen molar-refractivity contribution in [1.82, 2.24) is 0 Å². The third kappa shape index (κ3) is 2.33. The summed E-state index contributed by atoms with van der Waals surface area (Å²) in [6.07, 6.45) is 2.81. The van der Waals surface area contributed by atoms with E-state index in [-0.39, 0.29) is 11.0 Å². The van der Waals surface area contributed by atoms with Gasteiger partial charge in [0.2, 0.25) is 0 Å². The molecule has 0 aliphatic carbocycles. The summed E-state index contributed by atoms with van der Waals surface area (Å²) in [6, 6.07) is 0. The van der Waals surface area contributed by atoms with Crippen molar-refractivity contribution >= 4 is 0 Å². The Labute approximate surface area is 70.4 Å². The molecule has 0 heterocycles. The van der Waals surface area contributed by atoms with E-state index in [1.54, 1.807) is 7.11 Å². The molecule has 0 radical (unpaired) electrons. The first kappa shape index (κ1) is 10.7. The molecule has 0 fully saturated rings. The van der Waals surface area contributed by atoms with Crippen LogP contribution >= 0.6 is 0 Å². The van der Waals surface area contributed by atoms with Crippen molar-refractivity contribution in [1.29, 1.82) is 0 Å². The summed E-state index contributed by atoms with van der Waals surface area (Å²) in [6.45, 7) is 12.4. The minimum atomic E-state index is -0.0885. The lowest BCUT2D eigenvalue weighted by atomic mass is 9.75. The summed E-state index contributed by atoms with van der Waals surface area (Å²) in [4.78, 5) is 0. The van der Waals surface area contributed by atoms with Crippen LogP contribution in [0.3, 0.4) is 0 Å². The Bertz CT molecular complexity index is 132. The van der Waals surface area contributed by atoms with E-state index in [4.69, 9.17) is 4.74 Å². The second kappa shape index (κ2) is 3.40. The van der Waals surface area contributed by atoms with Gasteiger partial charge in [0.25, 0.3) is 0 Å². The average molecular weight is 156 g/mol. The van der Waals surface area contributed by atoms with E-state index in [2.05, 4.69) is 34.3 Å². The highest BCUT2D eigenvalue weighted by Gasteiger charge is 2.35. The summed E-state index contributed by atoms with van der Waals surface area (Å²) in [5, 5.41) is 0. The highest BCUT2D eigenvalue weighted by molar-refractivity contribution is 4.93. The van der Waals surface area contributed by atoms with Crippen LogP contribution in [0.2, 0.25) is 0 Å². The van der Waals surface area contributed by atoms with Gasteiger partial charge in [-0.05, 0) is 18.8 Å². The van der Waals surface area contributed by atoms with Crippen molar-refractivity contribution in [3.63, 3.8) is 0 Å². The molecule has 1 nitrogen and oxygen atoms in total. The first-order valence-corrected chi connectivity index (χ1v) is 4.03. The predicted octanol–water partition coefficient (Wildman–Crippen LogP) is 3.01. The molecule has 0 aromatic rings. The largest absolute Gasteiger partial charge is 0.378 e. The first-order valence-electron chi connectivity index (χ1n) is 4.03. The van der Waals surface area contributed by atoms with Crippen LogP contribution in [0, 0.1) is 5.41 Å². The molecule has 66 valence electrons. The highest BCUT2D eigenvalue weighted by Crippen LogP contribution is 2.35. The Morgan fingerprint density at radius 3 is 1.82 bits per heavy atom. The van der Waals surface area contributed by atoms with Gasteiger partial charge in [0.15, 0.2) is 0 Å². The van der Waals surface area contributed by atoms with Crippen molar-refractivity contribution < 1.29 is 4.74 Å². The summed E-state index contributed by atoms with van der Waals surface area (Å²) in [7, 11) is 1.76. The van der Waals surface area contributed by atoms with Crippen molar-refractivity contribution in [2.45, 2.75) is 39.7 Å². The Kier molecular flexibility index (Phi) is 3.30. The number of hydrogen-bond acceptors (Lipinski definition) is 1. The van der Waals surface area contributed by atoms with E-state index in [1.165, 1.54) is 0 Å². The van der Waals surface area contributed by atoms with Crippen molar-refractivity contribution in [3.8, 4) is 0 Å². The molecular formula is C10H20O. The summed E-state index contributed by atoms with van der Waals surface area (Å²) < 4.78 is 5.47. The van der Waals surface area contributed by atoms with E-state index >= 15 is 0 Å². The van der Waals surface area contributed by atoms with Crippen LogP contribution in [-0.2, 0) is 4.74 Å². The monoisotopic (exact) mass is 156 g/mol. The van der Waals surface area contributed by atoms with Gasteiger partial charge in [0.05, 0.1) is 5.60 Å². The molecule has 0 amide bonds. The summed E-state index contributed by atoms with van der Waals surface area (Å²) in [5.74, 6) is 0. The normalized spacial score (nSPS) is 17.5. The highest BCUT2D eigenvalue weighted by atomic mass is 16.5. The number of methoxy groups -OCH3 is 1. The SMILES string of the molecule is C=CCC(C)(OC)C(C)(C)C. The summed E-state index contributed by atoms with van der Waals surface area (Å²) >= 11 is 0. The van der Waals surface area contributed by atoms with Gasteiger partial charge in [0, 0.05) is 7.11 Å². The lowest BCUT2D eigenvalue weighted by Crippen LogP contribution is -2.41. The molecule has 0 saturated carbocycles. The van der Waals surface area contributed by atoms with Crippen LogP contribution in [0.25, 0.3) is 0 Å². The van der Waals surface area contributed by atoms with E-state index in [1.807, 2.05) is 6.08 Å². The topological polar surface area (TPSA) is 9.23 Å². The molecule has 1 atom stereocenters. The third-order valence-electron chi connectivity index (χ3n) is 2.57. The quantitative estimate of drug-likeness (QED) is 0.571. The van der Waals surface area contributed by atoms with E-state index in [9.17, 15) is 0 Å². The lowest BCUT2D eigenvalue weighted by Gasteiger charge is -2.40. The van der Waals surface area contributed by atoms with Crippen LogP contribution in [-0.4, -0.2) is 12.7 Å². The van der Waals surface area contributed by atoms with E-state index in [0.717, 1.165) is 6.42 Å². The zero-order chi connectivity index (χ0) is 9.12. The Balaban J connectivity index is 4.45. The van der Waals surface area contributed by atoms with E-state index < -0.39 is 0 Å². The van der Waals surface area contributed by atoms with Crippen LogP contribution < -0.4 is 0 Å². The fourth-order valence-corrected chi connectivity index (χ4v) is 0.971. The maximum Gasteiger partial charge on any atom is 0.0732 e. The maximum atomic E-state index is 5.47. The smallest absolute Gasteiger partial charge is 0.0732 e. The molecule has 11 heavy (non-hydrogen) atoms. The maximum absolute atomic E-state index is 5.47. The van der Waals surface area contributed by atoms with Gasteiger partial charge in [-0.25, -0.2) is 0 Å². The van der Waals surface area contributed by atoms with Gasteiger partial charge in [-0.15, -0.1) is 6.58 Å². The van der Waals surface area contributed by atoms with Gasteiger partial charge in [-0.2, -0.15) is 0 Å². The molecule has 0 N–H and O–H groups in total. The predicted molar refractivity (Wildman–Crippen MR) is 49.7 cm³/mol. The second-order valence-corrected chi connectivity index (χ2v) is 4.18. The molecular weight excluding hydrogens is 136 g/mol. The van der Waals surface area contributed by atoms with Crippen molar-refractivity contribution in [3.05, 3.63) is 12.7 Å². The molecule has 1 unspecified atom stereocenters. The third-order valence-corrected chi connectivity index (χ3v) is 2.57. The Hall–Kier alpha value is -0.300. The Morgan fingerprint density at radius 2 is 1.73 bits per heavy atom. The van der Waals surface area contributed by atoms with Crippen LogP contribution in [0.4, 0.5) is 0 Å². The lowest BCUT2D eigenvalue weighted by molar-refractivity contribution is -0.0746.